The third kappa shape index (κ3) is 7.98. The highest BCUT2D eigenvalue weighted by molar-refractivity contribution is 5.96. The number of nitrogens with zero attached hydrogens (tertiary/aromatic N) is 2. The molecule has 222 valence electrons. The number of benzene rings is 5. The number of ether oxygens (including phenoxy) is 2. The fraction of sp³-hybridized carbons (Fsp3) is 0.143. The predicted octanol–water partition coefficient (Wildman–Crippen LogP) is 6.12. The van der Waals surface area contributed by atoms with Crippen molar-refractivity contribution in [3.05, 3.63) is 114 Å². The van der Waals surface area contributed by atoms with Crippen molar-refractivity contribution in [2.75, 3.05) is 26.1 Å². The van der Waals surface area contributed by atoms with Crippen LogP contribution in [0.5, 0.6) is 11.5 Å². The molecule has 0 spiro atoms. The molecular weight excluding hydrogens is 554 g/mol. The average molecular weight is 588 g/mol. The molecule has 0 unspecified atom stereocenters. The highest BCUT2D eigenvalue weighted by Crippen LogP contribution is 2.22. The number of carbonyl (C=O) groups is 2. The van der Waals surface area contributed by atoms with Gasteiger partial charge >= 0.3 is 0 Å². The van der Waals surface area contributed by atoms with E-state index in [0.29, 0.717) is 24.9 Å². The fourth-order valence-corrected chi connectivity index (χ4v) is 4.58. The number of anilines is 1. The summed E-state index contributed by atoms with van der Waals surface area (Å²) in [7, 11) is 3.29. The molecule has 44 heavy (non-hydrogen) atoms. The Hall–Kier alpha value is -5.70. The van der Waals surface area contributed by atoms with Crippen molar-refractivity contribution in [2.45, 2.75) is 12.8 Å². The molecule has 9 heteroatoms. The molecule has 3 N–H and O–H groups in total. The number of hydrogen-bond acceptors (Lipinski definition) is 7. The van der Waals surface area contributed by atoms with Crippen LogP contribution >= 0.6 is 0 Å². The second-order valence-electron chi connectivity index (χ2n) is 10.0. The average Bonchev–Trinajstić information content (AvgIpc) is 3.06. The van der Waals surface area contributed by atoms with Gasteiger partial charge < -0.3 is 14.8 Å². The molecule has 0 fully saturated rings. The minimum absolute atomic E-state index is 0.162. The third-order valence-corrected chi connectivity index (χ3v) is 6.98. The highest BCUT2D eigenvalue weighted by Gasteiger charge is 2.05. The summed E-state index contributed by atoms with van der Waals surface area (Å²) in [6.07, 6.45) is 4.19. The van der Waals surface area contributed by atoms with Gasteiger partial charge in [0.05, 0.1) is 26.6 Å². The Morgan fingerprint density at radius 3 is 1.75 bits per heavy atom. The van der Waals surface area contributed by atoms with Crippen molar-refractivity contribution in [3.8, 4) is 11.5 Å². The van der Waals surface area contributed by atoms with Gasteiger partial charge in [0.15, 0.2) is 0 Å². The van der Waals surface area contributed by atoms with Gasteiger partial charge in [-0.25, -0.2) is 10.9 Å². The summed E-state index contributed by atoms with van der Waals surface area (Å²) in [6, 6.07) is 30.6. The molecule has 5 aromatic carbocycles. The molecule has 0 aliphatic rings. The lowest BCUT2D eigenvalue weighted by atomic mass is 10.1. The molecule has 2 amide bonds. The first-order valence-electron chi connectivity index (χ1n) is 14.2. The molecule has 5 aromatic rings. The smallest absolute Gasteiger partial charge is 0.271 e. The molecule has 0 bridgehead atoms. The Labute approximate surface area is 255 Å². The van der Waals surface area contributed by atoms with Crippen molar-refractivity contribution in [1.29, 1.82) is 0 Å². The lowest BCUT2D eigenvalue weighted by molar-refractivity contribution is -0.121. The molecular formula is C35H33N5O4. The summed E-state index contributed by atoms with van der Waals surface area (Å²) < 4.78 is 10.5. The summed E-state index contributed by atoms with van der Waals surface area (Å²) in [5.41, 5.74) is 8.24. The van der Waals surface area contributed by atoms with Crippen molar-refractivity contribution < 1.29 is 19.1 Å². The molecule has 0 heterocycles. The Bertz CT molecular complexity index is 1830. The first-order chi connectivity index (χ1) is 21.5. The minimum Gasteiger partial charge on any atom is -0.497 e. The summed E-state index contributed by atoms with van der Waals surface area (Å²) in [5.74, 6) is 1.14. The van der Waals surface area contributed by atoms with E-state index in [4.69, 9.17) is 9.47 Å². The second kappa shape index (κ2) is 14.5. The van der Waals surface area contributed by atoms with E-state index in [-0.39, 0.29) is 11.8 Å². The zero-order chi connectivity index (χ0) is 30.7. The third-order valence-electron chi connectivity index (χ3n) is 6.98. The Morgan fingerprint density at radius 2 is 1.18 bits per heavy atom. The number of fused-ring (bicyclic) bond motifs is 2. The lowest BCUT2D eigenvalue weighted by Gasteiger charge is -2.07. The van der Waals surface area contributed by atoms with E-state index >= 15 is 0 Å². The maximum atomic E-state index is 12.5. The van der Waals surface area contributed by atoms with Gasteiger partial charge in [-0.15, -0.1) is 0 Å². The monoisotopic (exact) mass is 587 g/mol. The van der Waals surface area contributed by atoms with Crippen LogP contribution in [0.3, 0.4) is 0 Å². The highest BCUT2D eigenvalue weighted by atomic mass is 16.5. The maximum Gasteiger partial charge on any atom is 0.271 e. The predicted molar refractivity (Wildman–Crippen MR) is 176 cm³/mol. The Morgan fingerprint density at radius 1 is 0.659 bits per heavy atom. The molecule has 0 aliphatic carbocycles. The van der Waals surface area contributed by atoms with E-state index in [1.807, 2.05) is 84.9 Å². The number of carbonyl (C=O) groups excluding carboxylic acids is 2. The molecule has 0 saturated carbocycles. The van der Waals surface area contributed by atoms with Crippen LogP contribution in [-0.2, 0) is 4.79 Å². The van der Waals surface area contributed by atoms with Gasteiger partial charge in [0.2, 0.25) is 5.91 Å². The van der Waals surface area contributed by atoms with Crippen LogP contribution in [0.4, 0.5) is 5.69 Å². The molecule has 0 aliphatic heterocycles. The van der Waals surface area contributed by atoms with Gasteiger partial charge in [0.1, 0.15) is 11.5 Å². The van der Waals surface area contributed by atoms with Gasteiger partial charge in [-0.1, -0.05) is 36.4 Å². The summed E-state index contributed by atoms with van der Waals surface area (Å²) in [6.45, 7) is 0.597. The van der Waals surface area contributed by atoms with Gasteiger partial charge in [-0.2, -0.15) is 10.2 Å². The van der Waals surface area contributed by atoms with E-state index in [2.05, 4.69) is 26.4 Å². The quantitative estimate of drug-likeness (QED) is 0.0925. The van der Waals surface area contributed by atoms with Crippen LogP contribution in [-0.4, -0.2) is 45.0 Å². The fourth-order valence-electron chi connectivity index (χ4n) is 4.58. The van der Waals surface area contributed by atoms with Crippen molar-refractivity contribution >= 4 is 51.5 Å². The zero-order valence-corrected chi connectivity index (χ0v) is 24.5. The standard InChI is InChI=1S/C35H33N5O4/c1-43-32-15-11-27-18-24(5-7-29(27)20-32)22-37-39-34(41)4-3-17-36-31-13-9-26(10-14-31)35(42)40-38-23-25-6-8-30-21-33(44-2)16-12-28(30)19-25/h5-16,18-23,36H,3-4,17H2,1-2H3,(H,39,41)(H,40,42)/b37-22+,38-23+. The van der Waals surface area contributed by atoms with Crippen LogP contribution in [0.25, 0.3) is 21.5 Å². The molecule has 0 radical (unpaired) electrons. The first-order valence-corrected chi connectivity index (χ1v) is 14.2. The Balaban J connectivity index is 1.01. The number of hydrogen-bond donors (Lipinski definition) is 3. The molecule has 0 saturated heterocycles. The van der Waals surface area contributed by atoms with E-state index in [0.717, 1.165) is 49.9 Å². The van der Waals surface area contributed by atoms with Crippen molar-refractivity contribution in [3.63, 3.8) is 0 Å². The van der Waals surface area contributed by atoms with Crippen molar-refractivity contribution in [2.24, 2.45) is 10.2 Å². The van der Waals surface area contributed by atoms with Gasteiger partial charge in [-0.05, 0) is 99.8 Å². The van der Waals surface area contributed by atoms with Crippen LogP contribution in [0.15, 0.2) is 107 Å². The summed E-state index contributed by atoms with van der Waals surface area (Å²) in [4.78, 5) is 24.7. The maximum absolute atomic E-state index is 12.5. The number of methoxy groups -OCH3 is 2. The first kappa shape index (κ1) is 29.8. The van der Waals surface area contributed by atoms with E-state index in [1.165, 1.54) is 0 Å². The van der Waals surface area contributed by atoms with Crippen LogP contribution in [0.1, 0.15) is 34.3 Å². The van der Waals surface area contributed by atoms with Crippen LogP contribution < -0.4 is 25.6 Å². The topological polar surface area (TPSA) is 113 Å². The minimum atomic E-state index is -0.306. The van der Waals surface area contributed by atoms with E-state index < -0.39 is 0 Å². The van der Waals surface area contributed by atoms with Crippen LogP contribution in [0.2, 0.25) is 0 Å². The second-order valence-corrected chi connectivity index (χ2v) is 10.0. The van der Waals surface area contributed by atoms with E-state index in [9.17, 15) is 9.59 Å². The SMILES string of the molecule is COc1ccc2cc(/C=N/NC(=O)CCCNc3ccc(C(=O)N/N=C/c4ccc5cc(OC)ccc5c4)cc3)ccc2c1. The molecule has 0 atom stereocenters. The number of hydrazone groups is 2. The zero-order valence-electron chi connectivity index (χ0n) is 24.5. The molecule has 5 rings (SSSR count). The number of amides is 2. The van der Waals surface area contributed by atoms with E-state index in [1.54, 1.807) is 38.8 Å². The summed E-state index contributed by atoms with van der Waals surface area (Å²) in [5, 5.41) is 15.7. The summed E-state index contributed by atoms with van der Waals surface area (Å²) >= 11 is 0. The largest absolute Gasteiger partial charge is 0.497 e. The van der Waals surface area contributed by atoms with Gasteiger partial charge in [-0.3, -0.25) is 9.59 Å². The molecule has 0 aromatic heterocycles. The van der Waals surface area contributed by atoms with Crippen molar-refractivity contribution in [1.82, 2.24) is 10.9 Å². The Kier molecular flexibility index (Phi) is 9.79. The van der Waals surface area contributed by atoms with Gasteiger partial charge in [0.25, 0.3) is 5.91 Å². The lowest BCUT2D eigenvalue weighted by Crippen LogP contribution is -2.18. The number of nitrogens with one attached hydrogen (secondary N) is 3. The van der Waals surface area contributed by atoms with Gasteiger partial charge in [0, 0.05) is 24.2 Å². The number of rotatable bonds is 12. The van der Waals surface area contributed by atoms with Crippen LogP contribution in [0, 0.1) is 0 Å². The normalized spacial score (nSPS) is 11.2. The molecule has 9 nitrogen and oxygen atoms in total.